The van der Waals surface area contributed by atoms with Crippen LogP contribution in [0.25, 0.3) is 6.08 Å². The van der Waals surface area contributed by atoms with Crippen molar-refractivity contribution in [2.45, 2.75) is 31.8 Å². The predicted molar refractivity (Wildman–Crippen MR) is 94.9 cm³/mol. The minimum atomic E-state index is 0.0661. The zero-order valence-electron chi connectivity index (χ0n) is 14.0. The van der Waals surface area contributed by atoms with Crippen molar-refractivity contribution in [3.63, 3.8) is 0 Å². The molecule has 0 N–H and O–H groups in total. The number of likely N-dealkylation sites (tertiary alicyclic amines) is 1. The normalized spacial score (nSPS) is 23.8. The average molecular weight is 350 g/mol. The van der Waals surface area contributed by atoms with Gasteiger partial charge < -0.3 is 9.64 Å². The monoisotopic (exact) mass is 349 g/mol. The molecule has 6 heteroatoms. The molecular formula is C18H24ClN3O2. The minimum absolute atomic E-state index is 0.0661. The van der Waals surface area contributed by atoms with Crippen molar-refractivity contribution < 1.29 is 9.53 Å². The largest absolute Gasteiger partial charge is 0.379 e. The Kier molecular flexibility index (Phi) is 5.87. The molecule has 0 spiro atoms. The van der Waals surface area contributed by atoms with Gasteiger partial charge in [0, 0.05) is 44.0 Å². The molecule has 3 heterocycles. The molecule has 2 aliphatic heterocycles. The number of rotatable bonds is 3. The van der Waals surface area contributed by atoms with Gasteiger partial charge in [-0.15, -0.1) is 0 Å². The topological polar surface area (TPSA) is 45.7 Å². The van der Waals surface area contributed by atoms with Crippen molar-refractivity contribution in [2.75, 3.05) is 32.8 Å². The van der Waals surface area contributed by atoms with E-state index < -0.39 is 0 Å². The molecule has 130 valence electrons. The third kappa shape index (κ3) is 4.35. The molecule has 5 nitrogen and oxygen atoms in total. The zero-order chi connectivity index (χ0) is 16.9. The Morgan fingerprint density at radius 3 is 2.88 bits per heavy atom. The summed E-state index contributed by atoms with van der Waals surface area (Å²) in [5.41, 5.74) is 0.889. The van der Waals surface area contributed by atoms with Crippen LogP contribution in [-0.4, -0.2) is 65.6 Å². The highest BCUT2D eigenvalue weighted by molar-refractivity contribution is 6.29. The summed E-state index contributed by atoms with van der Waals surface area (Å²) in [5, 5.41) is 0.435. The second-order valence-electron chi connectivity index (χ2n) is 6.46. The summed E-state index contributed by atoms with van der Waals surface area (Å²) < 4.78 is 5.52. The summed E-state index contributed by atoms with van der Waals surface area (Å²) in [4.78, 5) is 20.8. The highest BCUT2D eigenvalue weighted by atomic mass is 35.5. The second-order valence-corrected chi connectivity index (χ2v) is 6.85. The maximum atomic E-state index is 12.4. The molecule has 0 saturated carbocycles. The lowest BCUT2D eigenvalue weighted by Crippen LogP contribution is -2.53. The van der Waals surface area contributed by atoms with E-state index in [4.69, 9.17) is 16.3 Å². The lowest BCUT2D eigenvalue weighted by atomic mass is 10.0. The molecule has 1 aromatic heterocycles. The van der Waals surface area contributed by atoms with E-state index >= 15 is 0 Å². The molecule has 0 bridgehead atoms. The van der Waals surface area contributed by atoms with Gasteiger partial charge in [0.2, 0.25) is 5.91 Å². The zero-order valence-corrected chi connectivity index (χ0v) is 14.8. The maximum Gasteiger partial charge on any atom is 0.246 e. The SMILES string of the molecule is CC1COCCN1C1CCN(C(=O)C=Cc2ccnc(Cl)c2)CC1. The predicted octanol–water partition coefficient (Wildman–Crippen LogP) is 2.46. The number of hydrogen-bond acceptors (Lipinski definition) is 4. The van der Waals surface area contributed by atoms with E-state index in [0.29, 0.717) is 17.2 Å². The van der Waals surface area contributed by atoms with Gasteiger partial charge in [-0.25, -0.2) is 4.98 Å². The molecular weight excluding hydrogens is 326 g/mol. The molecule has 1 atom stereocenters. The Hall–Kier alpha value is -1.43. The number of carbonyl (C=O) groups excluding carboxylic acids is 1. The highest BCUT2D eigenvalue weighted by Crippen LogP contribution is 2.21. The van der Waals surface area contributed by atoms with Gasteiger partial charge in [-0.1, -0.05) is 11.6 Å². The van der Waals surface area contributed by atoms with Gasteiger partial charge in [-0.05, 0) is 43.5 Å². The second kappa shape index (κ2) is 8.10. The van der Waals surface area contributed by atoms with Crippen molar-refractivity contribution in [1.82, 2.24) is 14.8 Å². The smallest absolute Gasteiger partial charge is 0.246 e. The third-order valence-electron chi connectivity index (χ3n) is 4.83. The first kappa shape index (κ1) is 17.4. The van der Waals surface area contributed by atoms with Gasteiger partial charge in [0.15, 0.2) is 0 Å². The number of carbonyl (C=O) groups is 1. The molecule has 3 rings (SSSR count). The van der Waals surface area contributed by atoms with Crippen LogP contribution in [0.5, 0.6) is 0 Å². The number of pyridine rings is 1. The highest BCUT2D eigenvalue weighted by Gasteiger charge is 2.30. The van der Waals surface area contributed by atoms with Crippen LogP contribution < -0.4 is 0 Å². The van der Waals surface area contributed by atoms with Crippen LogP contribution in [0.3, 0.4) is 0 Å². The van der Waals surface area contributed by atoms with Crippen molar-refractivity contribution in [3.8, 4) is 0 Å². The summed E-state index contributed by atoms with van der Waals surface area (Å²) >= 11 is 5.86. The Bertz CT molecular complexity index is 600. The summed E-state index contributed by atoms with van der Waals surface area (Å²) in [6, 6.07) is 4.62. The Balaban J connectivity index is 1.51. The molecule has 0 radical (unpaired) electrons. The van der Waals surface area contributed by atoms with Crippen LogP contribution in [0.1, 0.15) is 25.3 Å². The van der Waals surface area contributed by atoms with Gasteiger partial charge >= 0.3 is 0 Å². The fourth-order valence-electron chi connectivity index (χ4n) is 3.49. The van der Waals surface area contributed by atoms with E-state index in [0.717, 1.165) is 51.3 Å². The Morgan fingerprint density at radius 2 is 2.17 bits per heavy atom. The summed E-state index contributed by atoms with van der Waals surface area (Å²) in [6.45, 7) is 6.49. The van der Waals surface area contributed by atoms with Crippen molar-refractivity contribution in [3.05, 3.63) is 35.1 Å². The van der Waals surface area contributed by atoms with Crippen LogP contribution in [0, 0.1) is 0 Å². The number of piperidine rings is 1. The first-order valence-corrected chi connectivity index (χ1v) is 8.93. The van der Waals surface area contributed by atoms with Crippen molar-refractivity contribution in [1.29, 1.82) is 0 Å². The number of halogens is 1. The molecule has 1 aromatic rings. The number of ether oxygens (including phenoxy) is 1. The number of nitrogens with zero attached hydrogens (tertiary/aromatic N) is 3. The lowest BCUT2D eigenvalue weighted by molar-refractivity contribution is -0.128. The summed E-state index contributed by atoms with van der Waals surface area (Å²) in [6.07, 6.45) is 7.13. The average Bonchev–Trinajstić information content (AvgIpc) is 2.60. The van der Waals surface area contributed by atoms with Gasteiger partial charge in [0.25, 0.3) is 0 Å². The number of amides is 1. The van der Waals surface area contributed by atoms with E-state index in [2.05, 4.69) is 16.8 Å². The Labute approximate surface area is 148 Å². The van der Waals surface area contributed by atoms with Crippen LogP contribution in [0.4, 0.5) is 0 Å². The molecule has 0 aromatic carbocycles. The van der Waals surface area contributed by atoms with E-state index in [9.17, 15) is 4.79 Å². The fourth-order valence-corrected chi connectivity index (χ4v) is 3.68. The van der Waals surface area contributed by atoms with E-state index in [-0.39, 0.29) is 5.91 Å². The molecule has 1 amide bonds. The Morgan fingerprint density at radius 1 is 1.38 bits per heavy atom. The molecule has 2 aliphatic rings. The minimum Gasteiger partial charge on any atom is -0.379 e. The van der Waals surface area contributed by atoms with E-state index in [1.165, 1.54) is 0 Å². The fraction of sp³-hybridized carbons (Fsp3) is 0.556. The molecule has 1 unspecified atom stereocenters. The van der Waals surface area contributed by atoms with Gasteiger partial charge in [-0.3, -0.25) is 9.69 Å². The van der Waals surface area contributed by atoms with Gasteiger partial charge in [-0.2, -0.15) is 0 Å². The summed E-state index contributed by atoms with van der Waals surface area (Å²) in [7, 11) is 0. The van der Waals surface area contributed by atoms with Gasteiger partial charge in [0.1, 0.15) is 5.15 Å². The number of morpholine rings is 1. The maximum absolute atomic E-state index is 12.4. The molecule has 2 fully saturated rings. The van der Waals surface area contributed by atoms with Crippen LogP contribution in [0.2, 0.25) is 5.15 Å². The van der Waals surface area contributed by atoms with Crippen LogP contribution in [0.15, 0.2) is 24.4 Å². The number of hydrogen-bond donors (Lipinski definition) is 0. The summed E-state index contributed by atoms with van der Waals surface area (Å²) in [5.74, 6) is 0.0661. The van der Waals surface area contributed by atoms with E-state index in [1.54, 1.807) is 24.4 Å². The standard InChI is InChI=1S/C18H24ClN3O2/c1-14-13-24-11-10-22(14)16-5-8-21(9-6-16)18(23)3-2-15-4-7-20-17(19)12-15/h2-4,7,12,14,16H,5-6,8-11,13H2,1H3. The van der Waals surface area contributed by atoms with Crippen LogP contribution in [-0.2, 0) is 9.53 Å². The van der Waals surface area contributed by atoms with Gasteiger partial charge in [0.05, 0.1) is 13.2 Å². The van der Waals surface area contributed by atoms with Crippen molar-refractivity contribution >= 4 is 23.6 Å². The van der Waals surface area contributed by atoms with E-state index in [1.807, 2.05) is 11.0 Å². The van der Waals surface area contributed by atoms with Crippen LogP contribution >= 0.6 is 11.6 Å². The first-order chi connectivity index (χ1) is 11.6. The lowest BCUT2D eigenvalue weighted by Gasteiger charge is -2.43. The third-order valence-corrected chi connectivity index (χ3v) is 5.04. The first-order valence-electron chi connectivity index (χ1n) is 8.55. The molecule has 2 saturated heterocycles. The van der Waals surface area contributed by atoms with Crippen molar-refractivity contribution in [2.24, 2.45) is 0 Å². The molecule has 0 aliphatic carbocycles. The number of aromatic nitrogens is 1. The molecule has 24 heavy (non-hydrogen) atoms. The quantitative estimate of drug-likeness (QED) is 0.621.